The Morgan fingerprint density at radius 1 is 1.29 bits per heavy atom. The van der Waals surface area contributed by atoms with Gasteiger partial charge in [0.2, 0.25) is 0 Å². The average Bonchev–Trinajstić information content (AvgIpc) is 2.94. The molecule has 3 rings (SSSR count). The van der Waals surface area contributed by atoms with Gasteiger partial charge in [0.05, 0.1) is 13.1 Å². The molecule has 0 aliphatic carbocycles. The molecular formula is C17H14ClFN2O3. The summed E-state index contributed by atoms with van der Waals surface area (Å²) in [4.78, 5) is 25.4. The summed E-state index contributed by atoms with van der Waals surface area (Å²) >= 11 is 5.83. The number of ether oxygens (including phenoxy) is 1. The van der Waals surface area contributed by atoms with Crippen molar-refractivity contribution < 1.29 is 18.7 Å². The predicted molar refractivity (Wildman–Crippen MR) is 87.8 cm³/mol. The summed E-state index contributed by atoms with van der Waals surface area (Å²) in [5, 5.41) is 3.21. The Hall–Kier alpha value is -2.60. The Kier molecular flexibility index (Phi) is 4.66. The molecule has 1 atom stereocenters. The van der Waals surface area contributed by atoms with Crippen LogP contribution in [0, 0.1) is 5.82 Å². The summed E-state index contributed by atoms with van der Waals surface area (Å²) in [6.45, 7) is 0.453. The molecule has 2 aromatic rings. The second kappa shape index (κ2) is 6.88. The first-order valence-electron chi connectivity index (χ1n) is 7.30. The molecule has 0 bridgehead atoms. The fraction of sp³-hybridized carbons (Fsp3) is 0.176. The highest BCUT2D eigenvalue weighted by Crippen LogP contribution is 2.23. The van der Waals surface area contributed by atoms with Crippen molar-refractivity contribution in [2.75, 3.05) is 18.0 Å². The molecule has 2 amide bonds. The number of benzene rings is 2. The maximum Gasteiger partial charge on any atom is 0.414 e. The van der Waals surface area contributed by atoms with Gasteiger partial charge < -0.3 is 10.1 Å². The van der Waals surface area contributed by atoms with Gasteiger partial charge >= 0.3 is 6.09 Å². The minimum Gasteiger partial charge on any atom is -0.442 e. The molecule has 1 unspecified atom stereocenters. The van der Waals surface area contributed by atoms with Crippen molar-refractivity contribution in [2.45, 2.75) is 6.10 Å². The van der Waals surface area contributed by atoms with Crippen LogP contribution < -0.4 is 10.2 Å². The first-order chi connectivity index (χ1) is 11.5. The zero-order valence-corrected chi connectivity index (χ0v) is 13.3. The van der Waals surface area contributed by atoms with E-state index < -0.39 is 23.9 Å². The van der Waals surface area contributed by atoms with Crippen LogP contribution in [0.1, 0.15) is 10.4 Å². The summed E-state index contributed by atoms with van der Waals surface area (Å²) < 4.78 is 18.4. The molecule has 1 N–H and O–H groups in total. The van der Waals surface area contributed by atoms with E-state index in [4.69, 9.17) is 16.3 Å². The van der Waals surface area contributed by atoms with E-state index in [0.29, 0.717) is 17.3 Å². The number of carbonyl (C=O) groups excluding carboxylic acids is 2. The SMILES string of the molecule is O=C(NCC1CN(c2ccc(Cl)cc2)C(=O)O1)c1cccc(F)c1. The molecule has 2 aromatic carbocycles. The number of nitrogens with one attached hydrogen (secondary N) is 1. The molecule has 1 aliphatic heterocycles. The minimum absolute atomic E-state index is 0.144. The highest BCUT2D eigenvalue weighted by molar-refractivity contribution is 6.30. The molecular weight excluding hydrogens is 335 g/mol. The molecule has 1 saturated heterocycles. The zero-order chi connectivity index (χ0) is 17.1. The van der Waals surface area contributed by atoms with E-state index in [-0.39, 0.29) is 12.1 Å². The van der Waals surface area contributed by atoms with Gasteiger partial charge in [-0.3, -0.25) is 9.69 Å². The predicted octanol–water partition coefficient (Wildman–Crippen LogP) is 3.23. The highest BCUT2D eigenvalue weighted by Gasteiger charge is 2.32. The number of hydrogen-bond acceptors (Lipinski definition) is 3. The molecule has 7 heteroatoms. The first-order valence-corrected chi connectivity index (χ1v) is 7.68. The molecule has 0 spiro atoms. The van der Waals surface area contributed by atoms with Gasteiger partial charge in [-0.05, 0) is 42.5 Å². The molecule has 124 valence electrons. The van der Waals surface area contributed by atoms with Gasteiger partial charge in [-0.25, -0.2) is 9.18 Å². The number of halogens is 2. The van der Waals surface area contributed by atoms with Crippen LogP contribution in [0.2, 0.25) is 5.02 Å². The van der Waals surface area contributed by atoms with Crippen LogP contribution in [0.4, 0.5) is 14.9 Å². The second-order valence-electron chi connectivity index (χ2n) is 5.31. The van der Waals surface area contributed by atoms with Crippen LogP contribution in [-0.4, -0.2) is 31.2 Å². The fourth-order valence-electron chi connectivity index (χ4n) is 2.40. The third-order valence-corrected chi connectivity index (χ3v) is 3.84. The van der Waals surface area contributed by atoms with Crippen LogP contribution in [0.5, 0.6) is 0 Å². The van der Waals surface area contributed by atoms with Crippen molar-refractivity contribution in [3.8, 4) is 0 Å². The Morgan fingerprint density at radius 3 is 2.75 bits per heavy atom. The Bertz CT molecular complexity index is 767. The third kappa shape index (κ3) is 3.65. The molecule has 1 fully saturated rings. The Morgan fingerprint density at radius 2 is 2.04 bits per heavy atom. The number of amides is 2. The van der Waals surface area contributed by atoms with E-state index in [1.807, 2.05) is 0 Å². The highest BCUT2D eigenvalue weighted by atomic mass is 35.5. The molecule has 0 aromatic heterocycles. The van der Waals surface area contributed by atoms with Crippen LogP contribution in [-0.2, 0) is 4.74 Å². The van der Waals surface area contributed by atoms with Gasteiger partial charge in [0, 0.05) is 16.3 Å². The molecule has 5 nitrogen and oxygen atoms in total. The maximum absolute atomic E-state index is 13.1. The summed E-state index contributed by atoms with van der Waals surface area (Å²) in [7, 11) is 0. The number of cyclic esters (lactones) is 1. The number of rotatable bonds is 4. The topological polar surface area (TPSA) is 58.6 Å². The van der Waals surface area contributed by atoms with Gasteiger partial charge in [-0.2, -0.15) is 0 Å². The van der Waals surface area contributed by atoms with E-state index >= 15 is 0 Å². The lowest BCUT2D eigenvalue weighted by Gasteiger charge is -2.13. The lowest BCUT2D eigenvalue weighted by molar-refractivity contribution is 0.0915. The minimum atomic E-state index is -0.484. The average molecular weight is 349 g/mol. The van der Waals surface area contributed by atoms with Crippen molar-refractivity contribution in [3.05, 3.63) is 64.9 Å². The van der Waals surface area contributed by atoms with Crippen molar-refractivity contribution in [1.29, 1.82) is 0 Å². The van der Waals surface area contributed by atoms with E-state index in [1.54, 1.807) is 24.3 Å². The van der Waals surface area contributed by atoms with E-state index in [0.717, 1.165) is 6.07 Å². The number of carbonyl (C=O) groups is 2. The van der Waals surface area contributed by atoms with Crippen molar-refractivity contribution in [3.63, 3.8) is 0 Å². The standard InChI is InChI=1S/C17H14ClFN2O3/c18-12-4-6-14(7-5-12)21-10-15(24-17(21)23)9-20-16(22)11-2-1-3-13(19)8-11/h1-8,15H,9-10H2,(H,20,22). The Balaban J connectivity index is 1.58. The van der Waals surface area contributed by atoms with E-state index in [1.165, 1.54) is 23.1 Å². The monoisotopic (exact) mass is 348 g/mol. The van der Waals surface area contributed by atoms with Crippen molar-refractivity contribution >= 4 is 29.3 Å². The smallest absolute Gasteiger partial charge is 0.414 e. The van der Waals surface area contributed by atoms with Gasteiger partial charge in [-0.1, -0.05) is 17.7 Å². The van der Waals surface area contributed by atoms with Gasteiger partial charge in [0.25, 0.3) is 5.91 Å². The van der Waals surface area contributed by atoms with E-state index in [9.17, 15) is 14.0 Å². The van der Waals surface area contributed by atoms with Crippen LogP contribution in [0.3, 0.4) is 0 Å². The quantitative estimate of drug-likeness (QED) is 0.922. The van der Waals surface area contributed by atoms with Gasteiger partial charge in [0.15, 0.2) is 0 Å². The van der Waals surface area contributed by atoms with Gasteiger partial charge in [0.1, 0.15) is 11.9 Å². The van der Waals surface area contributed by atoms with Crippen molar-refractivity contribution in [1.82, 2.24) is 5.32 Å². The normalized spacial score (nSPS) is 16.8. The van der Waals surface area contributed by atoms with Crippen LogP contribution >= 0.6 is 11.6 Å². The molecule has 1 heterocycles. The van der Waals surface area contributed by atoms with Crippen LogP contribution in [0.15, 0.2) is 48.5 Å². The Labute approximate surface area is 143 Å². The largest absolute Gasteiger partial charge is 0.442 e. The molecule has 0 radical (unpaired) electrons. The lowest BCUT2D eigenvalue weighted by Crippen LogP contribution is -2.34. The second-order valence-corrected chi connectivity index (χ2v) is 5.75. The third-order valence-electron chi connectivity index (χ3n) is 3.59. The van der Waals surface area contributed by atoms with Crippen molar-refractivity contribution in [2.24, 2.45) is 0 Å². The molecule has 24 heavy (non-hydrogen) atoms. The lowest BCUT2D eigenvalue weighted by atomic mass is 10.2. The summed E-state index contributed by atoms with van der Waals surface area (Å²) in [5.74, 6) is -0.903. The number of anilines is 1. The van der Waals surface area contributed by atoms with Crippen LogP contribution in [0.25, 0.3) is 0 Å². The summed E-state index contributed by atoms with van der Waals surface area (Å²) in [5.41, 5.74) is 0.886. The fourth-order valence-corrected chi connectivity index (χ4v) is 2.52. The summed E-state index contributed by atoms with van der Waals surface area (Å²) in [6, 6.07) is 12.2. The van der Waals surface area contributed by atoms with E-state index in [2.05, 4.69) is 5.32 Å². The molecule has 1 aliphatic rings. The summed E-state index contributed by atoms with van der Waals surface area (Å²) in [6.07, 6.45) is -0.965. The number of nitrogens with zero attached hydrogens (tertiary/aromatic N) is 1. The zero-order valence-electron chi connectivity index (χ0n) is 12.5. The maximum atomic E-state index is 13.1. The first kappa shape index (κ1) is 16.3. The van der Waals surface area contributed by atoms with Gasteiger partial charge in [-0.15, -0.1) is 0 Å². The number of hydrogen-bond donors (Lipinski definition) is 1. The molecule has 0 saturated carbocycles.